The second-order valence-electron chi connectivity index (χ2n) is 6.58. The van der Waals surface area contributed by atoms with Gasteiger partial charge in [-0.2, -0.15) is 0 Å². The van der Waals surface area contributed by atoms with E-state index in [1.807, 2.05) is 0 Å². The number of nitrogens with one attached hydrogen (secondary N) is 3. The molecule has 1 aromatic carbocycles. The molecule has 144 valence electrons. The molecule has 1 saturated carbocycles. The third-order valence-corrected chi connectivity index (χ3v) is 5.38. The summed E-state index contributed by atoms with van der Waals surface area (Å²) >= 11 is 0. The molecule has 10 heteroatoms. The summed E-state index contributed by atoms with van der Waals surface area (Å²) in [6, 6.07) is 2.34. The Morgan fingerprint density at radius 1 is 1.31 bits per heavy atom. The van der Waals surface area contributed by atoms with Crippen LogP contribution in [0.4, 0.5) is 10.1 Å². The van der Waals surface area contributed by atoms with Crippen molar-refractivity contribution in [1.82, 2.24) is 10.0 Å². The van der Waals surface area contributed by atoms with E-state index in [0.29, 0.717) is 0 Å². The fourth-order valence-electron chi connectivity index (χ4n) is 2.06. The highest BCUT2D eigenvalue weighted by Crippen LogP contribution is 2.25. The minimum Gasteiger partial charge on any atom is -0.346 e. The van der Waals surface area contributed by atoms with E-state index in [2.05, 4.69) is 15.4 Å². The maximum Gasteiger partial charge on any atom is 0.243 e. The topological polar surface area (TPSA) is 130 Å². The van der Waals surface area contributed by atoms with E-state index in [4.69, 9.17) is 5.73 Å². The first-order chi connectivity index (χ1) is 12.1. The van der Waals surface area contributed by atoms with E-state index >= 15 is 0 Å². The van der Waals surface area contributed by atoms with Gasteiger partial charge in [0.25, 0.3) is 0 Å². The van der Waals surface area contributed by atoms with Gasteiger partial charge in [-0.05, 0) is 37.0 Å². The molecule has 1 aliphatic carbocycles. The van der Waals surface area contributed by atoms with Gasteiger partial charge in [-0.15, -0.1) is 0 Å². The summed E-state index contributed by atoms with van der Waals surface area (Å²) < 4.78 is 40.6. The zero-order chi connectivity index (χ0) is 19.5. The van der Waals surface area contributed by atoms with Gasteiger partial charge in [-0.25, -0.2) is 17.5 Å². The number of carbonyl (C=O) groups excluding carboxylic acids is 2. The van der Waals surface area contributed by atoms with Crippen molar-refractivity contribution in [3.63, 3.8) is 0 Å². The lowest BCUT2D eigenvalue weighted by Crippen LogP contribution is -2.46. The Morgan fingerprint density at radius 3 is 2.54 bits per heavy atom. The Kier molecular flexibility index (Phi) is 6.32. The number of halogens is 1. The second-order valence-corrected chi connectivity index (χ2v) is 8.26. The Bertz CT molecular complexity index is 793. The van der Waals surface area contributed by atoms with Gasteiger partial charge in [0.15, 0.2) is 0 Å². The van der Waals surface area contributed by atoms with E-state index in [9.17, 15) is 22.4 Å². The van der Waals surface area contributed by atoms with E-state index in [1.165, 1.54) is 6.07 Å². The van der Waals surface area contributed by atoms with Crippen LogP contribution >= 0.6 is 0 Å². The standard InChI is InChI=1S/C16H23FN4O4S/c1-9(2)15(18)16(23)19-8-14(22)20-11-5-6-12(17)13(7-11)26(24,25)21-10-3-4-10/h5-7,9-10,15,21H,3-4,8,18H2,1-2H3,(H,19,23)(H,20,22)/t15-/m0/s1. The van der Waals surface area contributed by atoms with Gasteiger partial charge in [0, 0.05) is 11.7 Å². The monoisotopic (exact) mass is 386 g/mol. The van der Waals surface area contributed by atoms with Gasteiger partial charge in [0.05, 0.1) is 12.6 Å². The largest absolute Gasteiger partial charge is 0.346 e. The van der Waals surface area contributed by atoms with Gasteiger partial charge in [-0.1, -0.05) is 13.8 Å². The average molecular weight is 386 g/mol. The predicted molar refractivity (Wildman–Crippen MR) is 94.2 cm³/mol. The molecule has 0 bridgehead atoms. The van der Waals surface area contributed by atoms with Crippen molar-refractivity contribution >= 4 is 27.5 Å². The number of rotatable bonds is 8. The van der Waals surface area contributed by atoms with Crippen molar-refractivity contribution in [2.45, 2.75) is 43.7 Å². The molecule has 1 fully saturated rings. The van der Waals surface area contributed by atoms with Gasteiger partial charge < -0.3 is 16.4 Å². The highest BCUT2D eigenvalue weighted by molar-refractivity contribution is 7.89. The molecular formula is C16H23FN4O4S. The summed E-state index contributed by atoms with van der Waals surface area (Å²) in [4.78, 5) is 23.1. The maximum absolute atomic E-state index is 13.9. The minimum absolute atomic E-state index is 0.0816. The van der Waals surface area contributed by atoms with Gasteiger partial charge in [0.1, 0.15) is 10.7 Å². The lowest BCUT2D eigenvalue weighted by atomic mass is 10.1. The number of benzene rings is 1. The van der Waals surface area contributed by atoms with Crippen molar-refractivity contribution in [1.29, 1.82) is 0 Å². The smallest absolute Gasteiger partial charge is 0.243 e. The molecule has 0 aliphatic heterocycles. The molecule has 2 amide bonds. The first kappa shape index (κ1) is 20.3. The summed E-state index contributed by atoms with van der Waals surface area (Å²) in [5.74, 6) is -2.04. The maximum atomic E-state index is 13.9. The van der Waals surface area contributed by atoms with E-state index in [1.54, 1.807) is 13.8 Å². The summed E-state index contributed by atoms with van der Waals surface area (Å²) in [6.07, 6.45) is 1.44. The van der Waals surface area contributed by atoms with Crippen LogP contribution in [0.25, 0.3) is 0 Å². The van der Waals surface area contributed by atoms with E-state index in [0.717, 1.165) is 25.0 Å². The molecule has 0 aromatic heterocycles. The number of hydrogen-bond donors (Lipinski definition) is 4. The van der Waals surface area contributed by atoms with Gasteiger partial charge in [-0.3, -0.25) is 9.59 Å². The molecule has 8 nitrogen and oxygen atoms in total. The number of sulfonamides is 1. The van der Waals surface area contributed by atoms with Crippen LogP contribution in [0.15, 0.2) is 23.1 Å². The van der Waals surface area contributed by atoms with Crippen LogP contribution in [-0.2, 0) is 19.6 Å². The molecule has 0 unspecified atom stereocenters. The first-order valence-electron chi connectivity index (χ1n) is 8.25. The van der Waals surface area contributed by atoms with Crippen LogP contribution in [-0.4, -0.2) is 38.9 Å². The van der Waals surface area contributed by atoms with Crippen molar-refractivity contribution < 1.29 is 22.4 Å². The van der Waals surface area contributed by atoms with E-state index < -0.39 is 38.6 Å². The quantitative estimate of drug-likeness (QED) is 0.511. The zero-order valence-corrected chi connectivity index (χ0v) is 15.4. The predicted octanol–water partition coefficient (Wildman–Crippen LogP) is 0.304. The molecular weight excluding hydrogens is 363 g/mol. The van der Waals surface area contributed by atoms with Crippen molar-refractivity contribution in [2.75, 3.05) is 11.9 Å². The fraction of sp³-hybridized carbons (Fsp3) is 0.500. The van der Waals surface area contributed by atoms with Crippen LogP contribution in [0, 0.1) is 11.7 Å². The normalized spacial score (nSPS) is 15.6. The Balaban J connectivity index is 2.00. The van der Waals surface area contributed by atoms with Crippen LogP contribution in [0.3, 0.4) is 0 Å². The molecule has 1 aliphatic rings. The molecule has 2 rings (SSSR count). The van der Waals surface area contributed by atoms with Crippen molar-refractivity contribution in [3.05, 3.63) is 24.0 Å². The number of amides is 2. The van der Waals surface area contributed by atoms with Gasteiger partial charge >= 0.3 is 0 Å². The first-order valence-corrected chi connectivity index (χ1v) is 9.73. The van der Waals surface area contributed by atoms with E-state index in [-0.39, 0.29) is 24.2 Å². The zero-order valence-electron chi connectivity index (χ0n) is 14.6. The Hall–Kier alpha value is -2.04. The van der Waals surface area contributed by atoms with Crippen LogP contribution in [0.1, 0.15) is 26.7 Å². The summed E-state index contributed by atoms with van der Waals surface area (Å²) in [5.41, 5.74) is 5.78. The second kappa shape index (κ2) is 8.11. The number of hydrogen-bond acceptors (Lipinski definition) is 5. The molecule has 1 atom stereocenters. The van der Waals surface area contributed by atoms with Crippen LogP contribution < -0.4 is 21.1 Å². The highest BCUT2D eigenvalue weighted by atomic mass is 32.2. The van der Waals surface area contributed by atoms with Crippen LogP contribution in [0.5, 0.6) is 0 Å². The lowest BCUT2D eigenvalue weighted by Gasteiger charge is -2.15. The third-order valence-electron chi connectivity index (χ3n) is 3.85. The van der Waals surface area contributed by atoms with Crippen molar-refractivity contribution in [2.24, 2.45) is 11.7 Å². The molecule has 0 heterocycles. The summed E-state index contributed by atoms with van der Waals surface area (Å²) in [6.45, 7) is 3.22. The Labute approximate surface area is 151 Å². The molecule has 1 aromatic rings. The number of nitrogens with two attached hydrogens (primary N) is 1. The van der Waals surface area contributed by atoms with Gasteiger partial charge in [0.2, 0.25) is 21.8 Å². The number of anilines is 1. The van der Waals surface area contributed by atoms with Crippen molar-refractivity contribution in [3.8, 4) is 0 Å². The summed E-state index contributed by atoms with van der Waals surface area (Å²) in [7, 11) is -4.00. The number of carbonyl (C=O) groups is 2. The molecule has 26 heavy (non-hydrogen) atoms. The Morgan fingerprint density at radius 2 is 1.96 bits per heavy atom. The fourth-order valence-corrected chi connectivity index (χ4v) is 3.47. The lowest BCUT2D eigenvalue weighted by molar-refractivity contribution is -0.125. The third kappa shape index (κ3) is 5.48. The molecule has 0 radical (unpaired) electrons. The summed E-state index contributed by atoms with van der Waals surface area (Å²) in [5, 5.41) is 4.81. The molecule has 0 spiro atoms. The van der Waals surface area contributed by atoms with Crippen LogP contribution in [0.2, 0.25) is 0 Å². The highest BCUT2D eigenvalue weighted by Gasteiger charge is 2.30. The SMILES string of the molecule is CC(C)[C@H](N)C(=O)NCC(=O)Nc1ccc(F)c(S(=O)(=O)NC2CC2)c1. The molecule has 0 saturated heterocycles. The average Bonchev–Trinajstić information content (AvgIpc) is 3.36. The minimum atomic E-state index is -4.00. The molecule has 5 N–H and O–H groups in total.